The average Bonchev–Trinajstić information content (AvgIpc) is 2.33. The van der Waals surface area contributed by atoms with Gasteiger partial charge in [-0.2, -0.15) is 8.42 Å². The summed E-state index contributed by atoms with van der Waals surface area (Å²) in [6, 6.07) is 4.15. The second-order valence-electron chi connectivity index (χ2n) is 4.41. The second kappa shape index (κ2) is 7.81. The number of rotatable bonds is 6. The van der Waals surface area contributed by atoms with Gasteiger partial charge in [-0.15, -0.1) is 11.6 Å². The standard InChI is InChI=1S/C11H10Cl6O4S/c12-6-22(19,20)21-5-10(18,4-11(15,16)17)7-1-8(13)3-9(14)2-7/h1-3,18H,4-6H2. The molecule has 0 spiro atoms. The molecule has 0 saturated carbocycles. The van der Waals surface area contributed by atoms with E-state index in [2.05, 4.69) is 4.18 Å². The van der Waals surface area contributed by atoms with Gasteiger partial charge in [0.2, 0.25) is 0 Å². The van der Waals surface area contributed by atoms with Gasteiger partial charge < -0.3 is 5.11 Å². The van der Waals surface area contributed by atoms with E-state index in [1.165, 1.54) is 18.2 Å². The first kappa shape index (κ1) is 20.9. The lowest BCUT2D eigenvalue weighted by Gasteiger charge is -2.31. The zero-order valence-electron chi connectivity index (χ0n) is 10.7. The largest absolute Gasteiger partial charge is 0.383 e. The third-order valence-corrected chi connectivity index (χ3v) is 4.89. The first-order chi connectivity index (χ1) is 9.87. The quantitative estimate of drug-likeness (QED) is 0.512. The summed E-state index contributed by atoms with van der Waals surface area (Å²) in [5.41, 5.74) is -1.82. The molecule has 1 rings (SSSR count). The molecule has 1 aromatic carbocycles. The summed E-state index contributed by atoms with van der Waals surface area (Å²) < 4.78 is 25.5. The van der Waals surface area contributed by atoms with E-state index in [0.29, 0.717) is 0 Å². The summed E-state index contributed by atoms with van der Waals surface area (Å²) in [7, 11) is -4.03. The Bertz CT molecular complexity index is 610. The number of hydrogen-bond acceptors (Lipinski definition) is 4. The maximum Gasteiger partial charge on any atom is 0.281 e. The molecule has 0 amide bonds. The number of benzene rings is 1. The SMILES string of the molecule is O=S(=O)(CCl)OCC(O)(CC(Cl)(Cl)Cl)c1cc(Cl)cc(Cl)c1. The van der Waals surface area contributed by atoms with E-state index >= 15 is 0 Å². The fourth-order valence-electron chi connectivity index (χ4n) is 1.61. The highest BCUT2D eigenvalue weighted by molar-refractivity contribution is 7.87. The number of hydrogen-bond donors (Lipinski definition) is 1. The molecule has 0 radical (unpaired) electrons. The Morgan fingerprint density at radius 2 is 1.59 bits per heavy atom. The molecule has 0 fully saturated rings. The van der Waals surface area contributed by atoms with E-state index in [4.69, 9.17) is 69.6 Å². The van der Waals surface area contributed by atoms with Gasteiger partial charge in [-0.1, -0.05) is 58.0 Å². The predicted molar refractivity (Wildman–Crippen MR) is 90.9 cm³/mol. The molecule has 22 heavy (non-hydrogen) atoms. The van der Waals surface area contributed by atoms with E-state index in [-0.39, 0.29) is 15.6 Å². The van der Waals surface area contributed by atoms with Gasteiger partial charge in [-0.3, -0.25) is 4.18 Å². The lowest BCUT2D eigenvalue weighted by Crippen LogP contribution is -2.37. The van der Waals surface area contributed by atoms with Gasteiger partial charge in [0.15, 0.2) is 3.79 Å². The monoisotopic (exact) mass is 448 g/mol. The van der Waals surface area contributed by atoms with E-state index in [1.54, 1.807) is 0 Å². The van der Waals surface area contributed by atoms with Crippen LogP contribution in [0.2, 0.25) is 10.0 Å². The Kier molecular flexibility index (Phi) is 7.41. The van der Waals surface area contributed by atoms with Crippen molar-refractivity contribution < 1.29 is 17.7 Å². The van der Waals surface area contributed by atoms with E-state index in [9.17, 15) is 13.5 Å². The van der Waals surface area contributed by atoms with E-state index in [0.717, 1.165) is 0 Å². The van der Waals surface area contributed by atoms with Crippen molar-refractivity contribution in [1.82, 2.24) is 0 Å². The summed E-state index contributed by atoms with van der Waals surface area (Å²) in [5.74, 6) is 0. The molecule has 4 nitrogen and oxygen atoms in total. The Morgan fingerprint density at radius 3 is 2.00 bits per heavy atom. The van der Waals surface area contributed by atoms with Crippen molar-refractivity contribution in [2.75, 3.05) is 11.8 Å². The van der Waals surface area contributed by atoms with E-state index in [1.807, 2.05) is 0 Å². The van der Waals surface area contributed by atoms with Crippen molar-refractivity contribution in [2.45, 2.75) is 15.8 Å². The molecule has 0 aliphatic rings. The molecule has 1 aromatic rings. The van der Waals surface area contributed by atoms with Crippen molar-refractivity contribution in [3.63, 3.8) is 0 Å². The van der Waals surface area contributed by atoms with Crippen LogP contribution in [0.25, 0.3) is 0 Å². The molecule has 0 aliphatic heterocycles. The van der Waals surface area contributed by atoms with Gasteiger partial charge in [-0.05, 0) is 23.8 Å². The lowest BCUT2D eigenvalue weighted by atomic mass is 9.92. The van der Waals surface area contributed by atoms with Crippen molar-refractivity contribution in [2.24, 2.45) is 0 Å². The molecular weight excluding hydrogens is 441 g/mol. The molecule has 1 unspecified atom stereocenters. The normalized spacial score (nSPS) is 15.6. The summed E-state index contributed by atoms with van der Waals surface area (Å²) >= 11 is 34.1. The molecule has 126 valence electrons. The van der Waals surface area contributed by atoms with Crippen LogP contribution in [0.5, 0.6) is 0 Å². The maximum atomic E-state index is 11.4. The molecular formula is C11H10Cl6O4S. The van der Waals surface area contributed by atoms with Crippen molar-refractivity contribution in [3.8, 4) is 0 Å². The summed E-state index contributed by atoms with van der Waals surface area (Å²) in [6.07, 6.45) is -0.459. The second-order valence-corrected chi connectivity index (χ2v) is 10.0. The van der Waals surface area contributed by atoms with Crippen molar-refractivity contribution in [1.29, 1.82) is 0 Å². The molecule has 0 heterocycles. The first-order valence-electron chi connectivity index (χ1n) is 5.56. The van der Waals surface area contributed by atoms with Crippen LogP contribution in [-0.2, 0) is 19.9 Å². The van der Waals surface area contributed by atoms with E-state index < -0.39 is 37.8 Å². The first-order valence-corrected chi connectivity index (χ1v) is 9.56. The third-order valence-electron chi connectivity index (χ3n) is 2.50. The summed E-state index contributed by atoms with van der Waals surface area (Å²) in [4.78, 5) is 0. The zero-order chi connectivity index (χ0) is 17.2. The van der Waals surface area contributed by atoms with Crippen molar-refractivity contribution >= 4 is 79.7 Å². The van der Waals surface area contributed by atoms with Crippen LogP contribution in [0.3, 0.4) is 0 Å². The van der Waals surface area contributed by atoms with Crippen LogP contribution in [0.1, 0.15) is 12.0 Å². The third kappa shape index (κ3) is 6.75. The smallest absolute Gasteiger partial charge is 0.281 e. The fourth-order valence-corrected chi connectivity index (χ4v) is 3.43. The van der Waals surface area contributed by atoms with Crippen LogP contribution in [0.15, 0.2) is 18.2 Å². The van der Waals surface area contributed by atoms with Gasteiger partial charge in [0.1, 0.15) is 10.8 Å². The average molecular weight is 451 g/mol. The minimum atomic E-state index is -4.03. The Labute approximate surface area is 158 Å². The number of halogens is 6. The predicted octanol–water partition coefficient (Wildman–Crippen LogP) is 4.48. The molecule has 1 N–H and O–H groups in total. The molecule has 0 aliphatic carbocycles. The molecule has 0 bridgehead atoms. The highest BCUT2D eigenvalue weighted by Crippen LogP contribution is 2.41. The van der Waals surface area contributed by atoms with Gasteiger partial charge in [0.05, 0.1) is 6.61 Å². The molecule has 1 atom stereocenters. The Hall–Kier alpha value is 0.830. The maximum absolute atomic E-state index is 11.4. The van der Waals surface area contributed by atoms with Gasteiger partial charge in [0.25, 0.3) is 10.1 Å². The number of alkyl halides is 4. The zero-order valence-corrected chi connectivity index (χ0v) is 16.1. The van der Waals surface area contributed by atoms with Gasteiger partial charge in [-0.25, -0.2) is 0 Å². The minimum absolute atomic E-state index is 0.140. The van der Waals surface area contributed by atoms with Crippen molar-refractivity contribution in [3.05, 3.63) is 33.8 Å². The Morgan fingerprint density at radius 1 is 1.09 bits per heavy atom. The molecule has 0 saturated heterocycles. The lowest BCUT2D eigenvalue weighted by molar-refractivity contribution is -0.0139. The topological polar surface area (TPSA) is 63.6 Å². The van der Waals surface area contributed by atoms with Crippen LogP contribution in [-0.4, -0.2) is 29.1 Å². The van der Waals surface area contributed by atoms with Gasteiger partial charge >= 0.3 is 0 Å². The Balaban J connectivity index is 3.21. The van der Waals surface area contributed by atoms with Crippen LogP contribution >= 0.6 is 69.6 Å². The van der Waals surface area contributed by atoms with Crippen LogP contribution in [0, 0.1) is 0 Å². The minimum Gasteiger partial charge on any atom is -0.383 e. The number of aliphatic hydroxyl groups is 1. The molecule has 11 heteroatoms. The highest BCUT2D eigenvalue weighted by atomic mass is 35.6. The van der Waals surface area contributed by atoms with Crippen LogP contribution in [0.4, 0.5) is 0 Å². The highest BCUT2D eigenvalue weighted by Gasteiger charge is 2.40. The fraction of sp³-hybridized carbons (Fsp3) is 0.455. The van der Waals surface area contributed by atoms with Gasteiger partial charge in [0, 0.05) is 16.5 Å². The molecule has 0 aromatic heterocycles. The van der Waals surface area contributed by atoms with Crippen LogP contribution < -0.4 is 0 Å². The summed E-state index contributed by atoms with van der Waals surface area (Å²) in [6.45, 7) is -0.716. The summed E-state index contributed by atoms with van der Waals surface area (Å²) in [5, 5.41) is 10.4.